The van der Waals surface area contributed by atoms with Crippen molar-refractivity contribution in [2.75, 3.05) is 33.2 Å². The molecule has 1 atom stereocenters. The zero-order valence-electron chi connectivity index (χ0n) is 14.3. The summed E-state index contributed by atoms with van der Waals surface area (Å²) < 4.78 is 15.9. The Kier molecular flexibility index (Phi) is 6.49. The van der Waals surface area contributed by atoms with Crippen LogP contribution in [-0.4, -0.2) is 39.9 Å². The smallest absolute Gasteiger partial charge is 0.193 e. The van der Waals surface area contributed by atoms with E-state index in [9.17, 15) is 0 Å². The predicted octanol–water partition coefficient (Wildman–Crippen LogP) is 2.49. The summed E-state index contributed by atoms with van der Waals surface area (Å²) in [7, 11) is 4.87. The number of benzene rings is 1. The van der Waals surface area contributed by atoms with Crippen molar-refractivity contribution in [2.45, 2.75) is 26.9 Å². The van der Waals surface area contributed by atoms with Gasteiger partial charge in [-0.1, -0.05) is 20.8 Å². The van der Waals surface area contributed by atoms with Gasteiger partial charge in [0.2, 0.25) is 0 Å². The second-order valence-corrected chi connectivity index (χ2v) is 6.01. The highest BCUT2D eigenvalue weighted by Crippen LogP contribution is 2.29. The summed E-state index contributed by atoms with van der Waals surface area (Å²) in [5.41, 5.74) is 6.71. The number of hydrogen-bond acceptors (Lipinski definition) is 4. The second-order valence-electron chi connectivity index (χ2n) is 6.01. The highest BCUT2D eigenvalue weighted by Gasteiger charge is 2.23. The van der Waals surface area contributed by atoms with Gasteiger partial charge in [0, 0.05) is 18.9 Å². The summed E-state index contributed by atoms with van der Waals surface area (Å²) in [4.78, 5) is 4.34. The molecule has 0 aromatic heterocycles. The Morgan fingerprint density at radius 3 is 2.32 bits per heavy atom. The molecule has 1 rings (SSSR count). The first-order valence-corrected chi connectivity index (χ1v) is 7.13. The van der Waals surface area contributed by atoms with Gasteiger partial charge in [0.1, 0.15) is 0 Å². The molecule has 0 spiro atoms. The van der Waals surface area contributed by atoms with Crippen LogP contribution in [0.5, 0.6) is 11.5 Å². The third kappa shape index (κ3) is 5.11. The van der Waals surface area contributed by atoms with E-state index in [1.807, 2.05) is 12.1 Å². The quantitative estimate of drug-likeness (QED) is 0.623. The highest BCUT2D eigenvalue weighted by molar-refractivity contribution is 5.92. The standard InChI is InChI=1S/C16H27N3O3/c1-16(2,3)14(22-6)10-18-15(17)19-11-7-8-12(20-4)13(9-11)21-5/h7-9,14H,10H2,1-6H3,(H3,17,18,19). The Labute approximate surface area is 132 Å². The maximum absolute atomic E-state index is 5.93. The van der Waals surface area contributed by atoms with Gasteiger partial charge in [0.15, 0.2) is 17.5 Å². The molecule has 0 bridgehead atoms. The van der Waals surface area contributed by atoms with Gasteiger partial charge in [-0.3, -0.25) is 4.99 Å². The zero-order chi connectivity index (χ0) is 16.8. The molecule has 1 unspecified atom stereocenters. The number of ether oxygens (including phenoxy) is 3. The average molecular weight is 309 g/mol. The van der Waals surface area contributed by atoms with Gasteiger partial charge in [0.05, 0.1) is 26.9 Å². The van der Waals surface area contributed by atoms with Gasteiger partial charge in [-0.05, 0) is 17.5 Å². The number of nitrogens with one attached hydrogen (secondary N) is 1. The van der Waals surface area contributed by atoms with Crippen LogP contribution in [-0.2, 0) is 4.74 Å². The summed E-state index contributed by atoms with van der Waals surface area (Å²) in [5.74, 6) is 1.62. The minimum absolute atomic E-state index is 0.00162. The van der Waals surface area contributed by atoms with Gasteiger partial charge in [-0.15, -0.1) is 0 Å². The molecular weight excluding hydrogens is 282 g/mol. The molecule has 6 heteroatoms. The molecule has 0 radical (unpaired) electrons. The number of anilines is 1. The Morgan fingerprint density at radius 1 is 1.18 bits per heavy atom. The third-order valence-electron chi connectivity index (χ3n) is 3.33. The lowest BCUT2D eigenvalue weighted by Crippen LogP contribution is -2.33. The van der Waals surface area contributed by atoms with Gasteiger partial charge in [-0.25, -0.2) is 0 Å². The minimum Gasteiger partial charge on any atom is -0.493 e. The summed E-state index contributed by atoms with van der Waals surface area (Å²) >= 11 is 0. The van der Waals surface area contributed by atoms with Crippen molar-refractivity contribution in [3.63, 3.8) is 0 Å². The Balaban J connectivity index is 2.75. The van der Waals surface area contributed by atoms with Gasteiger partial charge in [0.25, 0.3) is 0 Å². The van der Waals surface area contributed by atoms with E-state index in [2.05, 4.69) is 31.1 Å². The molecule has 3 N–H and O–H groups in total. The van der Waals surface area contributed by atoms with Crippen LogP contribution in [0.4, 0.5) is 5.69 Å². The highest BCUT2D eigenvalue weighted by atomic mass is 16.5. The molecule has 0 amide bonds. The van der Waals surface area contributed by atoms with Crippen molar-refractivity contribution >= 4 is 11.6 Å². The van der Waals surface area contributed by atoms with Crippen LogP contribution >= 0.6 is 0 Å². The summed E-state index contributed by atoms with van der Waals surface area (Å²) in [6.45, 7) is 6.81. The lowest BCUT2D eigenvalue weighted by molar-refractivity contribution is 0.0242. The molecule has 1 aromatic rings. The van der Waals surface area contributed by atoms with E-state index in [-0.39, 0.29) is 11.5 Å². The molecule has 0 aliphatic carbocycles. The second kappa shape index (κ2) is 7.89. The fourth-order valence-corrected chi connectivity index (χ4v) is 1.98. The number of nitrogens with zero attached hydrogens (tertiary/aromatic N) is 1. The summed E-state index contributed by atoms with van der Waals surface area (Å²) in [6.07, 6.45) is -0.00162. The van der Waals surface area contributed by atoms with Crippen LogP contribution in [0.15, 0.2) is 23.2 Å². The van der Waals surface area contributed by atoms with Crippen LogP contribution in [0.3, 0.4) is 0 Å². The molecule has 6 nitrogen and oxygen atoms in total. The van der Waals surface area contributed by atoms with Crippen LogP contribution in [0, 0.1) is 5.41 Å². The lowest BCUT2D eigenvalue weighted by atomic mass is 9.89. The number of guanidine groups is 1. The normalized spacial score (nSPS) is 13.6. The summed E-state index contributed by atoms with van der Waals surface area (Å²) in [5, 5.41) is 3.04. The van der Waals surface area contributed by atoms with Crippen LogP contribution in [0.2, 0.25) is 0 Å². The number of nitrogens with two attached hydrogens (primary N) is 1. The molecule has 0 aliphatic heterocycles. The number of hydrogen-bond donors (Lipinski definition) is 2. The minimum atomic E-state index is -0.00162. The maximum Gasteiger partial charge on any atom is 0.193 e. The van der Waals surface area contributed by atoms with Gasteiger partial charge >= 0.3 is 0 Å². The molecule has 0 fully saturated rings. The fraction of sp³-hybridized carbons (Fsp3) is 0.562. The first kappa shape index (κ1) is 18.1. The van der Waals surface area contributed by atoms with Crippen LogP contribution < -0.4 is 20.5 Å². The van der Waals surface area contributed by atoms with Crippen LogP contribution in [0.1, 0.15) is 20.8 Å². The predicted molar refractivity (Wildman–Crippen MR) is 89.9 cm³/mol. The molecule has 0 heterocycles. The van der Waals surface area contributed by atoms with E-state index in [0.717, 1.165) is 5.69 Å². The zero-order valence-corrected chi connectivity index (χ0v) is 14.3. The first-order chi connectivity index (χ1) is 10.3. The van der Waals surface area contributed by atoms with Crippen molar-refractivity contribution in [3.8, 4) is 11.5 Å². The fourth-order valence-electron chi connectivity index (χ4n) is 1.98. The molecule has 0 saturated carbocycles. The van der Waals surface area contributed by atoms with Crippen molar-refractivity contribution in [2.24, 2.45) is 16.1 Å². The largest absolute Gasteiger partial charge is 0.493 e. The van der Waals surface area contributed by atoms with Gasteiger partial charge < -0.3 is 25.3 Å². The molecule has 124 valence electrons. The van der Waals surface area contributed by atoms with E-state index in [1.165, 1.54) is 0 Å². The van der Waals surface area contributed by atoms with Crippen molar-refractivity contribution in [1.82, 2.24) is 0 Å². The Bertz CT molecular complexity index is 510. The average Bonchev–Trinajstić information content (AvgIpc) is 2.46. The Hall–Kier alpha value is -1.95. The number of rotatable bonds is 6. The van der Waals surface area contributed by atoms with E-state index < -0.39 is 0 Å². The molecule has 22 heavy (non-hydrogen) atoms. The van der Waals surface area contributed by atoms with Crippen molar-refractivity contribution in [1.29, 1.82) is 0 Å². The number of aliphatic imine (C=N–C) groups is 1. The molecule has 0 aliphatic rings. The topological polar surface area (TPSA) is 78.1 Å². The lowest BCUT2D eigenvalue weighted by Gasteiger charge is -2.27. The first-order valence-electron chi connectivity index (χ1n) is 7.13. The number of methoxy groups -OCH3 is 3. The monoisotopic (exact) mass is 309 g/mol. The SMILES string of the molecule is COc1ccc(NC(N)=NCC(OC)C(C)(C)C)cc1OC. The van der Waals surface area contributed by atoms with Crippen LogP contribution in [0.25, 0.3) is 0 Å². The van der Waals surface area contributed by atoms with Gasteiger partial charge in [-0.2, -0.15) is 0 Å². The Morgan fingerprint density at radius 2 is 1.82 bits per heavy atom. The van der Waals surface area contributed by atoms with E-state index in [4.69, 9.17) is 19.9 Å². The van der Waals surface area contributed by atoms with Crippen molar-refractivity contribution in [3.05, 3.63) is 18.2 Å². The summed E-state index contributed by atoms with van der Waals surface area (Å²) in [6, 6.07) is 5.46. The van der Waals surface area contributed by atoms with E-state index in [0.29, 0.717) is 24.0 Å². The maximum atomic E-state index is 5.93. The molecular formula is C16H27N3O3. The molecule has 1 aromatic carbocycles. The van der Waals surface area contributed by atoms with E-state index in [1.54, 1.807) is 27.4 Å². The van der Waals surface area contributed by atoms with Crippen molar-refractivity contribution < 1.29 is 14.2 Å². The molecule has 0 saturated heterocycles. The van der Waals surface area contributed by atoms with E-state index >= 15 is 0 Å². The third-order valence-corrected chi connectivity index (χ3v) is 3.33.